The predicted molar refractivity (Wildman–Crippen MR) is 81.3 cm³/mol. The lowest BCUT2D eigenvalue weighted by Gasteiger charge is -2.08. The van der Waals surface area contributed by atoms with Gasteiger partial charge in [0.05, 0.1) is 5.69 Å². The molecule has 0 radical (unpaired) electrons. The Morgan fingerprint density at radius 1 is 1.50 bits per heavy atom. The van der Waals surface area contributed by atoms with Crippen molar-refractivity contribution in [3.05, 3.63) is 38.7 Å². The summed E-state index contributed by atoms with van der Waals surface area (Å²) >= 11 is 3.12. The van der Waals surface area contributed by atoms with Crippen LogP contribution in [-0.4, -0.2) is 21.6 Å². The molecule has 2 aromatic heterocycles. The van der Waals surface area contributed by atoms with Gasteiger partial charge in [-0.2, -0.15) is 4.98 Å². The van der Waals surface area contributed by atoms with Gasteiger partial charge in [0.1, 0.15) is 11.1 Å². The zero-order valence-electron chi connectivity index (χ0n) is 11.7. The highest BCUT2D eigenvalue weighted by atomic mass is 32.2. The Balaban J connectivity index is 2.07. The van der Waals surface area contributed by atoms with Crippen LogP contribution in [0, 0.1) is 0 Å². The van der Waals surface area contributed by atoms with Crippen LogP contribution in [0.25, 0.3) is 0 Å². The number of hydrogen-bond donors (Lipinski definition) is 0. The fourth-order valence-electron chi connectivity index (χ4n) is 1.58. The maximum atomic E-state index is 11.3. The molecule has 0 aliphatic heterocycles. The number of rotatable bonds is 6. The molecule has 1 atom stereocenters. The first-order valence-corrected chi connectivity index (χ1v) is 8.18. The molecule has 2 rings (SSSR count). The van der Waals surface area contributed by atoms with Gasteiger partial charge in [0, 0.05) is 37.1 Å². The summed E-state index contributed by atoms with van der Waals surface area (Å²) < 4.78 is 7.20. The van der Waals surface area contributed by atoms with E-state index in [1.165, 1.54) is 17.8 Å². The zero-order chi connectivity index (χ0) is 14.5. The molecule has 5 nitrogen and oxygen atoms in total. The number of thiazole rings is 1. The molecule has 7 heteroatoms. The van der Waals surface area contributed by atoms with Crippen LogP contribution in [0.3, 0.4) is 0 Å². The summed E-state index contributed by atoms with van der Waals surface area (Å²) in [5.41, 5.74) is 0.781. The minimum absolute atomic E-state index is 0.0161. The lowest BCUT2D eigenvalue weighted by atomic mass is 10.4. The third-order valence-electron chi connectivity index (χ3n) is 2.81. The van der Waals surface area contributed by atoms with Crippen LogP contribution in [0.2, 0.25) is 0 Å². The van der Waals surface area contributed by atoms with Crippen molar-refractivity contribution in [2.45, 2.75) is 37.4 Å². The highest BCUT2D eigenvalue weighted by Gasteiger charge is 2.10. The molecule has 0 aliphatic carbocycles. The average Bonchev–Trinajstić information content (AvgIpc) is 2.93. The molecule has 0 unspecified atom stereocenters. The van der Waals surface area contributed by atoms with Gasteiger partial charge in [0.15, 0.2) is 5.16 Å². The molecule has 0 spiro atoms. The minimum Gasteiger partial charge on any atom is -0.375 e. The van der Waals surface area contributed by atoms with E-state index in [9.17, 15) is 4.79 Å². The second-order valence-corrected chi connectivity index (χ2v) is 6.01. The summed E-state index contributed by atoms with van der Waals surface area (Å²) in [6.07, 6.45) is 1.79. The Hall–Kier alpha value is -1.18. The summed E-state index contributed by atoms with van der Waals surface area (Å²) in [6, 6.07) is 1.48. The van der Waals surface area contributed by atoms with Crippen LogP contribution >= 0.6 is 23.1 Å². The number of nitrogens with zero attached hydrogens (tertiary/aromatic N) is 3. The largest absolute Gasteiger partial charge is 0.375 e. The normalized spacial score (nSPS) is 12.6. The van der Waals surface area contributed by atoms with Crippen LogP contribution in [-0.2, 0) is 17.0 Å². The third-order valence-corrected chi connectivity index (χ3v) is 4.89. The first-order chi connectivity index (χ1) is 9.63. The first-order valence-electron chi connectivity index (χ1n) is 6.31. The van der Waals surface area contributed by atoms with Crippen LogP contribution in [0.4, 0.5) is 0 Å². The molecule has 0 N–H and O–H groups in total. The van der Waals surface area contributed by atoms with E-state index in [0.29, 0.717) is 5.75 Å². The van der Waals surface area contributed by atoms with Crippen molar-refractivity contribution in [1.82, 2.24) is 14.5 Å². The van der Waals surface area contributed by atoms with Gasteiger partial charge in [0.2, 0.25) is 0 Å². The topological polar surface area (TPSA) is 57.0 Å². The Morgan fingerprint density at radius 2 is 2.30 bits per heavy atom. The van der Waals surface area contributed by atoms with Crippen molar-refractivity contribution in [3.63, 3.8) is 0 Å². The highest BCUT2D eigenvalue weighted by Crippen LogP contribution is 2.25. The van der Waals surface area contributed by atoms with Crippen molar-refractivity contribution >= 4 is 23.1 Å². The van der Waals surface area contributed by atoms with E-state index in [4.69, 9.17) is 4.74 Å². The molecule has 20 heavy (non-hydrogen) atoms. The molecule has 0 aliphatic rings. The molecule has 2 heterocycles. The van der Waals surface area contributed by atoms with Gasteiger partial charge in [0.25, 0.3) is 5.56 Å². The van der Waals surface area contributed by atoms with Crippen molar-refractivity contribution in [3.8, 4) is 0 Å². The number of aryl methyl sites for hydroxylation is 1. The lowest BCUT2D eigenvalue weighted by Crippen LogP contribution is -2.12. The molecule has 0 bridgehead atoms. The average molecular weight is 311 g/mol. The van der Waals surface area contributed by atoms with Gasteiger partial charge in [-0.25, -0.2) is 4.98 Å². The second-order valence-electron chi connectivity index (χ2n) is 4.18. The SMILES string of the molecule is CCn1ccc(=O)nc1SCc1csc([C@@H](C)OC)n1. The van der Waals surface area contributed by atoms with Crippen molar-refractivity contribution in [2.24, 2.45) is 0 Å². The molecule has 108 valence electrons. The fourth-order valence-corrected chi connectivity index (χ4v) is 3.48. The zero-order valence-corrected chi connectivity index (χ0v) is 13.3. The monoisotopic (exact) mass is 311 g/mol. The summed E-state index contributed by atoms with van der Waals surface area (Å²) in [4.78, 5) is 19.9. The van der Waals surface area contributed by atoms with E-state index in [1.54, 1.807) is 24.6 Å². The smallest absolute Gasteiger partial charge is 0.273 e. The minimum atomic E-state index is -0.204. The molecule has 2 aromatic rings. The molecule has 0 saturated carbocycles. The number of aromatic nitrogens is 3. The Bertz CT molecular complexity index is 624. The fraction of sp³-hybridized carbons (Fsp3) is 0.462. The van der Waals surface area contributed by atoms with Gasteiger partial charge >= 0.3 is 0 Å². The predicted octanol–water partition coefficient (Wildman–Crippen LogP) is 2.72. The molecular weight excluding hydrogens is 294 g/mol. The quantitative estimate of drug-likeness (QED) is 0.606. The maximum absolute atomic E-state index is 11.3. The van der Waals surface area contributed by atoms with E-state index >= 15 is 0 Å². The van der Waals surface area contributed by atoms with E-state index < -0.39 is 0 Å². The molecule has 0 amide bonds. The van der Waals surface area contributed by atoms with Gasteiger partial charge in [-0.05, 0) is 13.8 Å². The number of methoxy groups -OCH3 is 1. The number of hydrogen-bond acceptors (Lipinski definition) is 6. The molecular formula is C13H17N3O2S2. The molecule has 0 fully saturated rings. The Morgan fingerprint density at radius 3 is 3.00 bits per heavy atom. The van der Waals surface area contributed by atoms with E-state index in [2.05, 4.69) is 9.97 Å². The Labute approximate surface area is 126 Å². The number of thioether (sulfide) groups is 1. The van der Waals surface area contributed by atoms with Gasteiger partial charge in [-0.15, -0.1) is 11.3 Å². The molecule has 0 aromatic carbocycles. The van der Waals surface area contributed by atoms with E-state index in [0.717, 1.165) is 22.4 Å². The van der Waals surface area contributed by atoms with E-state index in [-0.39, 0.29) is 11.7 Å². The second kappa shape index (κ2) is 7.01. The van der Waals surface area contributed by atoms with Gasteiger partial charge in [-0.1, -0.05) is 11.8 Å². The first kappa shape index (κ1) is 15.2. The van der Waals surface area contributed by atoms with E-state index in [1.807, 2.05) is 23.8 Å². The summed E-state index contributed by atoms with van der Waals surface area (Å²) in [5, 5.41) is 3.72. The molecule has 0 saturated heterocycles. The highest BCUT2D eigenvalue weighted by molar-refractivity contribution is 7.98. The summed E-state index contributed by atoms with van der Waals surface area (Å²) in [5.74, 6) is 0.698. The maximum Gasteiger partial charge on any atom is 0.273 e. The van der Waals surface area contributed by atoms with Crippen LogP contribution in [0.5, 0.6) is 0 Å². The summed E-state index contributed by atoms with van der Waals surface area (Å²) in [7, 11) is 1.67. The van der Waals surface area contributed by atoms with Crippen LogP contribution in [0.1, 0.15) is 30.7 Å². The van der Waals surface area contributed by atoms with Gasteiger partial charge < -0.3 is 9.30 Å². The van der Waals surface area contributed by atoms with Crippen LogP contribution in [0.15, 0.2) is 27.6 Å². The van der Waals surface area contributed by atoms with Crippen LogP contribution < -0.4 is 5.56 Å². The lowest BCUT2D eigenvalue weighted by molar-refractivity contribution is 0.119. The van der Waals surface area contributed by atoms with Crippen molar-refractivity contribution in [1.29, 1.82) is 0 Å². The van der Waals surface area contributed by atoms with Crippen molar-refractivity contribution in [2.75, 3.05) is 7.11 Å². The standard InChI is InChI=1S/C13H17N3O2S2/c1-4-16-6-5-11(17)15-13(16)20-8-10-7-19-12(14-10)9(2)18-3/h5-7,9H,4,8H2,1-3H3/t9-/m1/s1. The Kier molecular flexibility index (Phi) is 5.33. The summed E-state index contributed by atoms with van der Waals surface area (Å²) in [6.45, 7) is 4.79. The third kappa shape index (κ3) is 3.68. The number of ether oxygens (including phenoxy) is 1. The van der Waals surface area contributed by atoms with Crippen molar-refractivity contribution < 1.29 is 4.74 Å². The van der Waals surface area contributed by atoms with Gasteiger partial charge in [-0.3, -0.25) is 4.79 Å².